The largest absolute Gasteiger partial charge is 0.507 e. The molecule has 0 radical (unpaired) electrons. The molecule has 0 aliphatic rings. The first-order valence-electron chi connectivity index (χ1n) is 9.48. The third-order valence-electron chi connectivity index (χ3n) is 4.90. The average molecular weight is 362 g/mol. The van der Waals surface area contributed by atoms with Crippen LogP contribution in [-0.2, 0) is 0 Å². The van der Waals surface area contributed by atoms with Crippen molar-refractivity contribution in [2.45, 2.75) is 6.92 Å². The van der Waals surface area contributed by atoms with Gasteiger partial charge in [0, 0.05) is 5.56 Å². The van der Waals surface area contributed by atoms with Crippen LogP contribution in [0.1, 0.15) is 12.5 Å². The molecular formula is C27H22O. The number of allylic oxidation sites excluding steroid dienone is 3. The number of benzene rings is 4. The van der Waals surface area contributed by atoms with E-state index in [1.807, 2.05) is 61.5 Å². The number of aromatic hydroxyl groups is 1. The van der Waals surface area contributed by atoms with Crippen molar-refractivity contribution >= 4 is 16.8 Å². The number of fused-ring (bicyclic) bond motifs is 1. The highest BCUT2D eigenvalue weighted by Gasteiger charge is 2.15. The van der Waals surface area contributed by atoms with Crippen molar-refractivity contribution in [2.75, 3.05) is 0 Å². The van der Waals surface area contributed by atoms with E-state index in [2.05, 4.69) is 48.5 Å². The maximum atomic E-state index is 10.8. The first-order valence-corrected chi connectivity index (χ1v) is 9.48. The predicted molar refractivity (Wildman–Crippen MR) is 120 cm³/mol. The van der Waals surface area contributed by atoms with Crippen molar-refractivity contribution < 1.29 is 5.11 Å². The Morgan fingerprint density at radius 1 is 0.714 bits per heavy atom. The van der Waals surface area contributed by atoms with Crippen molar-refractivity contribution in [3.8, 4) is 28.0 Å². The van der Waals surface area contributed by atoms with Crippen LogP contribution in [0.3, 0.4) is 0 Å². The minimum Gasteiger partial charge on any atom is -0.507 e. The van der Waals surface area contributed by atoms with Crippen LogP contribution < -0.4 is 0 Å². The molecular weight excluding hydrogens is 340 g/mol. The van der Waals surface area contributed by atoms with E-state index in [0.717, 1.165) is 38.6 Å². The summed E-state index contributed by atoms with van der Waals surface area (Å²) in [6.07, 6.45) is 8.14. The van der Waals surface area contributed by atoms with E-state index in [9.17, 15) is 5.11 Å². The van der Waals surface area contributed by atoms with Gasteiger partial charge in [0.25, 0.3) is 0 Å². The van der Waals surface area contributed by atoms with E-state index in [1.165, 1.54) is 0 Å². The Morgan fingerprint density at radius 3 is 2.32 bits per heavy atom. The molecule has 0 saturated carbocycles. The summed E-state index contributed by atoms with van der Waals surface area (Å²) in [5, 5.41) is 13.0. The van der Waals surface area contributed by atoms with Gasteiger partial charge in [-0.1, -0.05) is 97.1 Å². The SMILES string of the molecule is C/C=C\C=C/c1ccc(-c2ccccc2)c(-c2c(O)ccc3ccccc23)c1. The predicted octanol–water partition coefficient (Wildman–Crippen LogP) is 7.47. The molecule has 4 aromatic carbocycles. The molecule has 0 aromatic heterocycles. The lowest BCUT2D eigenvalue weighted by Crippen LogP contribution is -1.89. The molecule has 0 saturated heterocycles. The van der Waals surface area contributed by atoms with E-state index in [0.29, 0.717) is 5.75 Å². The van der Waals surface area contributed by atoms with Gasteiger partial charge in [-0.15, -0.1) is 0 Å². The third-order valence-corrected chi connectivity index (χ3v) is 4.90. The van der Waals surface area contributed by atoms with Crippen molar-refractivity contribution in [3.05, 3.63) is 109 Å². The first kappa shape index (κ1) is 17.8. The number of hydrogen-bond acceptors (Lipinski definition) is 1. The highest BCUT2D eigenvalue weighted by molar-refractivity contribution is 6.03. The number of hydrogen-bond donors (Lipinski definition) is 1. The van der Waals surface area contributed by atoms with Crippen LogP contribution >= 0.6 is 0 Å². The molecule has 0 amide bonds. The van der Waals surface area contributed by atoms with Gasteiger partial charge in [0.1, 0.15) is 5.75 Å². The van der Waals surface area contributed by atoms with Crippen LogP contribution in [0.15, 0.2) is 103 Å². The van der Waals surface area contributed by atoms with Crippen molar-refractivity contribution in [2.24, 2.45) is 0 Å². The van der Waals surface area contributed by atoms with E-state index < -0.39 is 0 Å². The zero-order chi connectivity index (χ0) is 19.3. The minimum atomic E-state index is 0.297. The summed E-state index contributed by atoms with van der Waals surface area (Å²) in [7, 11) is 0. The summed E-state index contributed by atoms with van der Waals surface area (Å²) in [5.74, 6) is 0.297. The quantitative estimate of drug-likeness (QED) is 0.373. The molecule has 136 valence electrons. The molecule has 1 N–H and O–H groups in total. The molecule has 28 heavy (non-hydrogen) atoms. The van der Waals surface area contributed by atoms with Crippen LogP contribution in [0.25, 0.3) is 39.1 Å². The fourth-order valence-corrected chi connectivity index (χ4v) is 3.56. The van der Waals surface area contributed by atoms with Crippen LogP contribution in [0.5, 0.6) is 5.75 Å². The summed E-state index contributed by atoms with van der Waals surface area (Å²) in [6.45, 7) is 2.00. The van der Waals surface area contributed by atoms with Gasteiger partial charge in [-0.3, -0.25) is 0 Å². The van der Waals surface area contributed by atoms with E-state index in [4.69, 9.17) is 0 Å². The summed E-state index contributed by atoms with van der Waals surface area (Å²) in [5.41, 5.74) is 5.24. The maximum Gasteiger partial charge on any atom is 0.124 e. The Morgan fingerprint density at radius 2 is 1.50 bits per heavy atom. The second-order valence-electron chi connectivity index (χ2n) is 6.74. The zero-order valence-electron chi connectivity index (χ0n) is 15.8. The highest BCUT2D eigenvalue weighted by Crippen LogP contribution is 2.42. The fourth-order valence-electron chi connectivity index (χ4n) is 3.56. The Kier molecular flexibility index (Phi) is 5.07. The number of phenolic OH excluding ortho intramolecular Hbond substituents is 1. The number of phenols is 1. The summed E-state index contributed by atoms with van der Waals surface area (Å²) < 4.78 is 0. The van der Waals surface area contributed by atoms with Crippen molar-refractivity contribution in [3.63, 3.8) is 0 Å². The van der Waals surface area contributed by atoms with Gasteiger partial charge in [-0.2, -0.15) is 0 Å². The zero-order valence-corrected chi connectivity index (χ0v) is 15.8. The fraction of sp³-hybridized carbons (Fsp3) is 0.0370. The molecule has 4 aromatic rings. The summed E-state index contributed by atoms with van der Waals surface area (Å²) in [6, 6.07) is 28.7. The Bertz CT molecular complexity index is 1170. The van der Waals surface area contributed by atoms with Gasteiger partial charge >= 0.3 is 0 Å². The molecule has 1 nitrogen and oxygen atoms in total. The topological polar surface area (TPSA) is 20.2 Å². The van der Waals surface area contributed by atoms with Gasteiger partial charge in [0.05, 0.1) is 0 Å². The van der Waals surface area contributed by atoms with E-state index >= 15 is 0 Å². The van der Waals surface area contributed by atoms with Crippen LogP contribution in [0.4, 0.5) is 0 Å². The first-order chi connectivity index (χ1) is 13.8. The van der Waals surface area contributed by atoms with Gasteiger partial charge in [0.15, 0.2) is 0 Å². The Balaban J connectivity index is 2.01. The highest BCUT2D eigenvalue weighted by atomic mass is 16.3. The second-order valence-corrected chi connectivity index (χ2v) is 6.74. The lowest BCUT2D eigenvalue weighted by molar-refractivity contribution is 0.478. The standard InChI is InChI=1S/C27H22O/c1-2-3-5-10-20-15-17-23(21-11-6-4-7-12-21)25(19-20)27-24-14-9-8-13-22(24)16-18-26(27)28/h2-19,28H,1H3/b3-2-,10-5-. The van der Waals surface area contributed by atoms with Crippen molar-refractivity contribution in [1.29, 1.82) is 0 Å². The molecule has 0 aliphatic heterocycles. The molecule has 0 unspecified atom stereocenters. The van der Waals surface area contributed by atoms with Crippen LogP contribution in [0.2, 0.25) is 0 Å². The van der Waals surface area contributed by atoms with Gasteiger partial charge in [-0.05, 0) is 52.1 Å². The Labute approximate surface area is 165 Å². The molecule has 0 aliphatic carbocycles. The van der Waals surface area contributed by atoms with Gasteiger partial charge < -0.3 is 5.11 Å². The molecule has 4 rings (SSSR count). The van der Waals surface area contributed by atoms with Gasteiger partial charge in [0.2, 0.25) is 0 Å². The maximum absolute atomic E-state index is 10.8. The monoisotopic (exact) mass is 362 g/mol. The summed E-state index contributed by atoms with van der Waals surface area (Å²) >= 11 is 0. The van der Waals surface area contributed by atoms with Crippen molar-refractivity contribution in [1.82, 2.24) is 0 Å². The molecule has 0 heterocycles. The lowest BCUT2D eigenvalue weighted by atomic mass is 9.89. The molecule has 1 heteroatoms. The van der Waals surface area contributed by atoms with Gasteiger partial charge in [-0.25, -0.2) is 0 Å². The third kappa shape index (κ3) is 3.47. The number of rotatable bonds is 4. The second kappa shape index (κ2) is 7.98. The van der Waals surface area contributed by atoms with Crippen LogP contribution in [0, 0.1) is 0 Å². The minimum absolute atomic E-state index is 0.297. The molecule has 0 atom stereocenters. The van der Waals surface area contributed by atoms with Crippen LogP contribution in [-0.4, -0.2) is 5.11 Å². The lowest BCUT2D eigenvalue weighted by Gasteiger charge is -2.15. The molecule has 0 fully saturated rings. The van der Waals surface area contributed by atoms with E-state index in [1.54, 1.807) is 6.07 Å². The summed E-state index contributed by atoms with van der Waals surface area (Å²) in [4.78, 5) is 0. The normalized spacial score (nSPS) is 11.6. The smallest absolute Gasteiger partial charge is 0.124 e. The Hall–Kier alpha value is -3.58. The molecule has 0 spiro atoms. The molecule has 0 bridgehead atoms. The van der Waals surface area contributed by atoms with E-state index in [-0.39, 0.29) is 0 Å². The average Bonchev–Trinajstić information content (AvgIpc) is 2.74.